The number of carbonyl (C=O) groups excluding carboxylic acids is 2. The second-order valence-corrected chi connectivity index (χ2v) is 6.10. The van der Waals surface area contributed by atoms with Gasteiger partial charge in [0.1, 0.15) is 12.3 Å². The number of nitrogens with one attached hydrogen (secondary N) is 1. The Hall–Kier alpha value is -3.22. The molecule has 2 amide bonds. The van der Waals surface area contributed by atoms with Crippen molar-refractivity contribution in [1.82, 2.24) is 10.2 Å². The molecule has 1 aliphatic heterocycles. The minimum atomic E-state index is -0.222. The molecule has 2 heterocycles. The maximum Gasteiger partial charge on any atom is 0.240 e. The van der Waals surface area contributed by atoms with Crippen LogP contribution in [0.4, 0.5) is 0 Å². The van der Waals surface area contributed by atoms with Crippen molar-refractivity contribution >= 4 is 17.9 Å². The van der Waals surface area contributed by atoms with Crippen LogP contribution in [0.3, 0.4) is 0 Å². The minimum absolute atomic E-state index is 0.0320. The summed E-state index contributed by atoms with van der Waals surface area (Å²) in [5.74, 6) is 1.59. The molecule has 0 saturated carbocycles. The van der Waals surface area contributed by atoms with E-state index in [1.54, 1.807) is 44.9 Å². The molecule has 0 atom stereocenters. The summed E-state index contributed by atoms with van der Waals surface area (Å²) in [5.41, 5.74) is 1.69. The van der Waals surface area contributed by atoms with E-state index < -0.39 is 0 Å². The lowest BCUT2D eigenvalue weighted by atomic mass is 10.0. The minimum Gasteiger partial charge on any atom is -0.493 e. The molecule has 0 bridgehead atoms. The number of carbonyl (C=O) groups is 2. The third-order valence-electron chi connectivity index (χ3n) is 4.33. The van der Waals surface area contributed by atoms with Gasteiger partial charge in [-0.15, -0.1) is 0 Å². The van der Waals surface area contributed by atoms with Crippen molar-refractivity contribution in [2.24, 2.45) is 0 Å². The average molecular weight is 370 g/mol. The van der Waals surface area contributed by atoms with Gasteiger partial charge < -0.3 is 24.1 Å². The van der Waals surface area contributed by atoms with Crippen LogP contribution < -0.4 is 14.8 Å². The summed E-state index contributed by atoms with van der Waals surface area (Å²) in [6.45, 7) is 0.419. The molecule has 142 valence electrons. The molecule has 0 fully saturated rings. The topological polar surface area (TPSA) is 81.0 Å². The smallest absolute Gasteiger partial charge is 0.240 e. The number of amides is 2. The first-order valence-electron chi connectivity index (χ1n) is 8.62. The van der Waals surface area contributed by atoms with Crippen LogP contribution in [0.1, 0.15) is 16.9 Å². The zero-order valence-electron chi connectivity index (χ0n) is 15.4. The van der Waals surface area contributed by atoms with Crippen LogP contribution >= 0.6 is 0 Å². The summed E-state index contributed by atoms with van der Waals surface area (Å²) in [4.78, 5) is 26.1. The van der Waals surface area contributed by atoms with Crippen molar-refractivity contribution in [2.75, 3.05) is 27.3 Å². The van der Waals surface area contributed by atoms with E-state index in [9.17, 15) is 9.59 Å². The number of hydrogen-bond donors (Lipinski definition) is 1. The van der Waals surface area contributed by atoms with Crippen LogP contribution in [-0.4, -0.2) is 44.0 Å². The molecule has 7 heteroatoms. The van der Waals surface area contributed by atoms with E-state index in [1.807, 2.05) is 12.1 Å². The molecule has 1 aliphatic rings. The zero-order valence-corrected chi connectivity index (χ0v) is 15.4. The van der Waals surface area contributed by atoms with Crippen LogP contribution in [0.2, 0.25) is 0 Å². The lowest BCUT2D eigenvalue weighted by Crippen LogP contribution is -2.38. The van der Waals surface area contributed by atoms with Crippen LogP contribution in [0.5, 0.6) is 11.5 Å². The van der Waals surface area contributed by atoms with Crippen LogP contribution in [0.15, 0.2) is 41.1 Å². The molecule has 0 aliphatic carbocycles. The first-order valence-corrected chi connectivity index (χ1v) is 8.62. The van der Waals surface area contributed by atoms with Gasteiger partial charge in [0, 0.05) is 19.2 Å². The summed E-state index contributed by atoms with van der Waals surface area (Å²) < 4.78 is 15.8. The lowest BCUT2D eigenvalue weighted by molar-refractivity contribution is -0.132. The van der Waals surface area contributed by atoms with Crippen molar-refractivity contribution in [3.8, 4) is 11.5 Å². The van der Waals surface area contributed by atoms with Crippen LogP contribution in [0, 0.1) is 0 Å². The van der Waals surface area contributed by atoms with Crippen molar-refractivity contribution in [1.29, 1.82) is 0 Å². The fourth-order valence-corrected chi connectivity index (χ4v) is 2.89. The third kappa shape index (κ3) is 4.49. The molecule has 3 rings (SSSR count). The zero-order chi connectivity index (χ0) is 19.2. The first-order chi connectivity index (χ1) is 13.1. The molecule has 0 unspecified atom stereocenters. The van der Waals surface area contributed by atoms with E-state index in [1.165, 1.54) is 4.90 Å². The predicted octanol–water partition coefficient (Wildman–Crippen LogP) is 2.01. The van der Waals surface area contributed by atoms with Crippen LogP contribution in [-0.2, 0) is 22.4 Å². The van der Waals surface area contributed by atoms with E-state index in [0.717, 1.165) is 16.9 Å². The Kier molecular flexibility index (Phi) is 5.80. The molecule has 0 saturated heterocycles. The maximum absolute atomic E-state index is 12.5. The molecule has 1 aromatic carbocycles. The molecular formula is C20H22N2O5. The number of rotatable bonds is 7. The van der Waals surface area contributed by atoms with Gasteiger partial charge in [0.15, 0.2) is 11.5 Å². The fraction of sp³-hybridized carbons (Fsp3) is 0.300. The largest absolute Gasteiger partial charge is 0.493 e. The number of hydrogen-bond acceptors (Lipinski definition) is 5. The summed E-state index contributed by atoms with van der Waals surface area (Å²) in [5, 5.41) is 2.80. The third-order valence-corrected chi connectivity index (χ3v) is 4.33. The molecule has 2 aromatic rings. The van der Waals surface area contributed by atoms with E-state index in [-0.39, 0.29) is 24.8 Å². The van der Waals surface area contributed by atoms with Gasteiger partial charge in [-0.1, -0.05) is 0 Å². The highest BCUT2D eigenvalue weighted by Crippen LogP contribution is 2.32. The molecule has 27 heavy (non-hydrogen) atoms. The van der Waals surface area contributed by atoms with Gasteiger partial charge >= 0.3 is 0 Å². The summed E-state index contributed by atoms with van der Waals surface area (Å²) in [7, 11) is 3.12. The Balaban J connectivity index is 1.62. The molecular weight excluding hydrogens is 348 g/mol. The van der Waals surface area contributed by atoms with Gasteiger partial charge in [0.25, 0.3) is 0 Å². The highest BCUT2D eigenvalue weighted by atomic mass is 16.5. The van der Waals surface area contributed by atoms with Gasteiger partial charge in [-0.05, 0) is 41.5 Å². The Morgan fingerprint density at radius 2 is 2.04 bits per heavy atom. The van der Waals surface area contributed by atoms with Crippen LogP contribution in [0.25, 0.3) is 6.08 Å². The average Bonchev–Trinajstić information content (AvgIpc) is 3.13. The highest BCUT2D eigenvalue weighted by molar-refractivity contribution is 5.89. The maximum atomic E-state index is 12.5. The Bertz CT molecular complexity index is 842. The van der Waals surface area contributed by atoms with Gasteiger partial charge in [-0.3, -0.25) is 9.59 Å². The number of benzene rings is 1. The second kappa shape index (κ2) is 8.44. The number of nitrogens with zero attached hydrogens (tertiary/aromatic N) is 1. The number of furan rings is 1. The molecule has 7 nitrogen and oxygen atoms in total. The summed E-state index contributed by atoms with van der Waals surface area (Å²) >= 11 is 0. The van der Waals surface area contributed by atoms with Crippen molar-refractivity contribution in [2.45, 2.75) is 12.8 Å². The van der Waals surface area contributed by atoms with Crippen molar-refractivity contribution in [3.63, 3.8) is 0 Å². The Labute approximate surface area is 157 Å². The number of fused-ring (bicyclic) bond motifs is 1. The van der Waals surface area contributed by atoms with Gasteiger partial charge in [-0.25, -0.2) is 0 Å². The number of ether oxygens (including phenoxy) is 2. The van der Waals surface area contributed by atoms with Crippen molar-refractivity contribution in [3.05, 3.63) is 53.6 Å². The van der Waals surface area contributed by atoms with Gasteiger partial charge in [-0.2, -0.15) is 0 Å². The highest BCUT2D eigenvalue weighted by Gasteiger charge is 2.21. The lowest BCUT2D eigenvalue weighted by Gasteiger charge is -2.16. The van der Waals surface area contributed by atoms with Gasteiger partial charge in [0.2, 0.25) is 11.8 Å². The Morgan fingerprint density at radius 3 is 2.74 bits per heavy atom. The predicted molar refractivity (Wildman–Crippen MR) is 99.4 cm³/mol. The quantitative estimate of drug-likeness (QED) is 0.806. The molecule has 1 aromatic heterocycles. The number of methoxy groups -OCH3 is 2. The molecule has 0 radical (unpaired) electrons. The standard InChI is InChI=1S/C20H22N2O5/c1-25-17-10-14-6-8-22(20(24)12-15(14)11-18(17)26-2)13-19(23)21-7-5-16-4-3-9-27-16/h3-4,6,8-11H,5,7,12-13H2,1-2H3,(H,21,23). The monoisotopic (exact) mass is 370 g/mol. The van der Waals surface area contributed by atoms with E-state index in [2.05, 4.69) is 5.32 Å². The summed E-state index contributed by atoms with van der Waals surface area (Å²) in [6.07, 6.45) is 5.82. The van der Waals surface area contributed by atoms with E-state index >= 15 is 0 Å². The van der Waals surface area contributed by atoms with Gasteiger partial charge in [0.05, 0.1) is 26.9 Å². The second-order valence-electron chi connectivity index (χ2n) is 6.10. The fourth-order valence-electron chi connectivity index (χ4n) is 2.89. The SMILES string of the molecule is COc1cc2c(cc1OC)CC(=O)N(CC(=O)NCCc1ccco1)C=C2. The molecule has 0 spiro atoms. The van der Waals surface area contributed by atoms with E-state index in [0.29, 0.717) is 24.5 Å². The summed E-state index contributed by atoms with van der Waals surface area (Å²) in [6, 6.07) is 7.28. The normalized spacial score (nSPS) is 13.1. The van der Waals surface area contributed by atoms with Crippen molar-refractivity contribution < 1.29 is 23.5 Å². The molecule has 1 N–H and O–H groups in total. The first kappa shape index (κ1) is 18.6. The Morgan fingerprint density at radius 1 is 1.26 bits per heavy atom. The van der Waals surface area contributed by atoms with E-state index in [4.69, 9.17) is 13.9 Å².